The molecule has 1 aliphatic heterocycles. The van der Waals surface area contributed by atoms with Gasteiger partial charge in [-0.3, -0.25) is 4.90 Å². The SMILES string of the molecule is CCN1CCN(Cc2ccccc2CNCc2cccc3[nH]ccc23)CC1. The van der Waals surface area contributed by atoms with E-state index in [0.29, 0.717) is 0 Å². The highest BCUT2D eigenvalue weighted by Gasteiger charge is 2.16. The van der Waals surface area contributed by atoms with Crippen LogP contribution in [-0.4, -0.2) is 47.5 Å². The number of likely N-dealkylation sites (N-methyl/N-ethyl adjacent to an activating group) is 1. The van der Waals surface area contributed by atoms with E-state index in [1.54, 1.807) is 0 Å². The molecular formula is C23H30N4. The van der Waals surface area contributed by atoms with Crippen molar-refractivity contribution in [3.63, 3.8) is 0 Å². The molecule has 1 saturated heterocycles. The minimum Gasteiger partial charge on any atom is -0.361 e. The number of benzene rings is 2. The van der Waals surface area contributed by atoms with Crippen molar-refractivity contribution in [2.45, 2.75) is 26.6 Å². The predicted molar refractivity (Wildman–Crippen MR) is 113 cm³/mol. The van der Waals surface area contributed by atoms with Crippen molar-refractivity contribution < 1.29 is 0 Å². The van der Waals surface area contributed by atoms with E-state index >= 15 is 0 Å². The fourth-order valence-electron chi connectivity index (χ4n) is 4.03. The van der Waals surface area contributed by atoms with Gasteiger partial charge in [0.15, 0.2) is 0 Å². The smallest absolute Gasteiger partial charge is 0.0457 e. The molecule has 2 heterocycles. The Hall–Kier alpha value is -2.14. The van der Waals surface area contributed by atoms with E-state index in [4.69, 9.17) is 0 Å². The Morgan fingerprint density at radius 3 is 2.33 bits per heavy atom. The number of hydrogen-bond donors (Lipinski definition) is 2. The van der Waals surface area contributed by atoms with Gasteiger partial charge in [0.25, 0.3) is 0 Å². The third-order valence-corrected chi connectivity index (χ3v) is 5.74. The highest BCUT2D eigenvalue weighted by molar-refractivity contribution is 5.82. The van der Waals surface area contributed by atoms with Gasteiger partial charge in [-0.15, -0.1) is 0 Å². The topological polar surface area (TPSA) is 34.3 Å². The number of hydrogen-bond acceptors (Lipinski definition) is 3. The molecule has 0 saturated carbocycles. The van der Waals surface area contributed by atoms with Crippen LogP contribution in [0.4, 0.5) is 0 Å². The molecule has 0 bridgehead atoms. The van der Waals surface area contributed by atoms with Crippen LogP contribution in [0.5, 0.6) is 0 Å². The number of nitrogens with one attached hydrogen (secondary N) is 2. The Kier molecular flexibility index (Phi) is 5.87. The molecule has 2 aromatic carbocycles. The first kappa shape index (κ1) is 18.2. The molecule has 0 spiro atoms. The van der Waals surface area contributed by atoms with Crippen LogP contribution < -0.4 is 5.32 Å². The zero-order chi connectivity index (χ0) is 18.5. The number of piperazine rings is 1. The number of aromatic nitrogens is 1. The largest absolute Gasteiger partial charge is 0.361 e. The summed E-state index contributed by atoms with van der Waals surface area (Å²) < 4.78 is 0. The molecule has 4 rings (SSSR count). The number of aromatic amines is 1. The molecule has 0 amide bonds. The van der Waals surface area contributed by atoms with Gasteiger partial charge in [-0.1, -0.05) is 43.3 Å². The summed E-state index contributed by atoms with van der Waals surface area (Å²) in [6.07, 6.45) is 2.02. The van der Waals surface area contributed by atoms with Gasteiger partial charge in [-0.05, 0) is 35.4 Å². The molecule has 142 valence electrons. The highest BCUT2D eigenvalue weighted by atomic mass is 15.3. The number of fused-ring (bicyclic) bond motifs is 1. The van der Waals surface area contributed by atoms with E-state index < -0.39 is 0 Å². The fraction of sp³-hybridized carbons (Fsp3) is 0.391. The van der Waals surface area contributed by atoms with Crippen molar-refractivity contribution in [3.8, 4) is 0 Å². The lowest BCUT2D eigenvalue weighted by Crippen LogP contribution is -2.45. The molecule has 0 aliphatic carbocycles. The van der Waals surface area contributed by atoms with Gasteiger partial charge in [-0.25, -0.2) is 0 Å². The average molecular weight is 363 g/mol. The van der Waals surface area contributed by atoms with E-state index in [1.165, 1.54) is 60.3 Å². The Morgan fingerprint density at radius 1 is 0.815 bits per heavy atom. The maximum Gasteiger partial charge on any atom is 0.0457 e. The molecule has 0 atom stereocenters. The Balaban J connectivity index is 1.36. The molecule has 1 fully saturated rings. The lowest BCUT2D eigenvalue weighted by atomic mass is 10.1. The summed E-state index contributed by atoms with van der Waals surface area (Å²) >= 11 is 0. The van der Waals surface area contributed by atoms with Gasteiger partial charge >= 0.3 is 0 Å². The molecule has 1 aliphatic rings. The molecule has 1 aromatic heterocycles. The second-order valence-electron chi connectivity index (χ2n) is 7.44. The molecule has 0 unspecified atom stereocenters. The quantitative estimate of drug-likeness (QED) is 0.674. The van der Waals surface area contributed by atoms with Crippen molar-refractivity contribution in [1.29, 1.82) is 0 Å². The Morgan fingerprint density at radius 2 is 1.52 bits per heavy atom. The summed E-state index contributed by atoms with van der Waals surface area (Å²) in [5, 5.41) is 4.97. The summed E-state index contributed by atoms with van der Waals surface area (Å²) in [5.41, 5.74) is 5.43. The van der Waals surface area contributed by atoms with Gasteiger partial charge in [-0.2, -0.15) is 0 Å². The Labute approximate surface area is 162 Å². The second-order valence-corrected chi connectivity index (χ2v) is 7.44. The maximum absolute atomic E-state index is 3.65. The van der Waals surface area contributed by atoms with Gasteiger partial charge in [0.2, 0.25) is 0 Å². The van der Waals surface area contributed by atoms with Gasteiger partial charge in [0, 0.05) is 62.9 Å². The molecule has 4 heteroatoms. The van der Waals surface area contributed by atoms with Crippen molar-refractivity contribution in [1.82, 2.24) is 20.1 Å². The van der Waals surface area contributed by atoms with Crippen LogP contribution in [-0.2, 0) is 19.6 Å². The van der Waals surface area contributed by atoms with E-state index in [-0.39, 0.29) is 0 Å². The minimum atomic E-state index is 0.888. The predicted octanol–water partition coefficient (Wildman–Crippen LogP) is 3.60. The van der Waals surface area contributed by atoms with Crippen LogP contribution in [0.25, 0.3) is 10.9 Å². The normalized spacial score (nSPS) is 16.2. The third-order valence-electron chi connectivity index (χ3n) is 5.74. The molecule has 3 aromatic rings. The van der Waals surface area contributed by atoms with Crippen LogP contribution >= 0.6 is 0 Å². The van der Waals surface area contributed by atoms with E-state index in [1.807, 2.05) is 6.20 Å². The van der Waals surface area contributed by atoms with Crippen molar-refractivity contribution >= 4 is 10.9 Å². The first-order chi connectivity index (χ1) is 13.3. The van der Waals surface area contributed by atoms with Crippen LogP contribution in [0.1, 0.15) is 23.6 Å². The van der Waals surface area contributed by atoms with E-state index in [2.05, 4.69) is 75.6 Å². The lowest BCUT2D eigenvalue weighted by molar-refractivity contribution is 0.131. The average Bonchev–Trinajstić information content (AvgIpc) is 3.20. The van der Waals surface area contributed by atoms with Crippen LogP contribution in [0.2, 0.25) is 0 Å². The first-order valence-corrected chi connectivity index (χ1v) is 10.1. The van der Waals surface area contributed by atoms with Crippen molar-refractivity contribution in [3.05, 3.63) is 71.4 Å². The number of rotatable bonds is 7. The summed E-state index contributed by atoms with van der Waals surface area (Å²) in [6.45, 7) is 11.0. The summed E-state index contributed by atoms with van der Waals surface area (Å²) in [5.74, 6) is 0. The molecule has 27 heavy (non-hydrogen) atoms. The van der Waals surface area contributed by atoms with Crippen LogP contribution in [0, 0.1) is 0 Å². The molecule has 4 nitrogen and oxygen atoms in total. The zero-order valence-electron chi connectivity index (χ0n) is 16.2. The highest BCUT2D eigenvalue weighted by Crippen LogP contribution is 2.18. The van der Waals surface area contributed by atoms with Crippen molar-refractivity contribution in [2.24, 2.45) is 0 Å². The first-order valence-electron chi connectivity index (χ1n) is 10.1. The summed E-state index contributed by atoms with van der Waals surface area (Å²) in [7, 11) is 0. The Bertz CT molecular complexity index is 861. The van der Waals surface area contributed by atoms with Gasteiger partial charge in [0.1, 0.15) is 0 Å². The van der Waals surface area contributed by atoms with E-state index in [0.717, 1.165) is 19.6 Å². The monoisotopic (exact) mass is 362 g/mol. The molecule has 2 N–H and O–H groups in total. The van der Waals surface area contributed by atoms with Gasteiger partial charge in [0.05, 0.1) is 0 Å². The lowest BCUT2D eigenvalue weighted by Gasteiger charge is -2.34. The number of H-pyrrole nitrogens is 1. The fourth-order valence-corrected chi connectivity index (χ4v) is 4.03. The van der Waals surface area contributed by atoms with Gasteiger partial charge < -0.3 is 15.2 Å². The van der Waals surface area contributed by atoms with Crippen LogP contribution in [0.15, 0.2) is 54.7 Å². The van der Waals surface area contributed by atoms with Crippen LogP contribution in [0.3, 0.4) is 0 Å². The zero-order valence-corrected chi connectivity index (χ0v) is 16.2. The third kappa shape index (κ3) is 4.41. The summed E-state index contributed by atoms with van der Waals surface area (Å²) in [6, 6.07) is 17.5. The molecule has 0 radical (unpaired) electrons. The second kappa shape index (κ2) is 8.70. The van der Waals surface area contributed by atoms with E-state index in [9.17, 15) is 0 Å². The number of nitrogens with zero attached hydrogens (tertiary/aromatic N) is 2. The van der Waals surface area contributed by atoms with Crippen molar-refractivity contribution in [2.75, 3.05) is 32.7 Å². The summed E-state index contributed by atoms with van der Waals surface area (Å²) in [4.78, 5) is 8.42. The standard InChI is InChI=1S/C23H30N4/c1-2-26-12-14-27(15-13-26)18-21-7-4-3-6-19(21)16-24-17-20-8-5-9-23-22(20)10-11-25-23/h3-11,24-25H,2,12-18H2,1H3. The maximum atomic E-state index is 3.65. The molecular weight excluding hydrogens is 332 g/mol. The minimum absolute atomic E-state index is 0.888.